The van der Waals surface area contributed by atoms with Crippen LogP contribution in [0.5, 0.6) is 0 Å². The summed E-state index contributed by atoms with van der Waals surface area (Å²) < 4.78 is 5.71. The van der Waals surface area contributed by atoms with E-state index in [1.807, 2.05) is 0 Å². The molecule has 1 rings (SSSR count). The Bertz CT molecular complexity index is 244. The van der Waals surface area contributed by atoms with E-state index in [2.05, 4.69) is 17.6 Å². The highest BCUT2D eigenvalue weighted by molar-refractivity contribution is 5.73. The van der Waals surface area contributed by atoms with E-state index in [1.165, 1.54) is 6.42 Å². The first-order valence-corrected chi connectivity index (χ1v) is 6.93. The van der Waals surface area contributed by atoms with Gasteiger partial charge in [-0.15, -0.1) is 0 Å². The van der Waals surface area contributed by atoms with Crippen molar-refractivity contribution in [1.29, 1.82) is 0 Å². The smallest absolute Gasteiger partial charge is 0.316 e. The summed E-state index contributed by atoms with van der Waals surface area (Å²) in [6.45, 7) is 4.54. The van der Waals surface area contributed by atoms with Crippen LogP contribution in [-0.2, 0) is 4.74 Å². The topological polar surface area (TPSA) is 53.6 Å². The Morgan fingerprint density at radius 3 is 2.83 bits per heavy atom. The molecule has 0 aromatic rings. The van der Waals surface area contributed by atoms with Crippen LogP contribution in [0.1, 0.15) is 32.6 Å². The molecule has 106 valence electrons. The number of carbonyl (C=O) groups excluding carboxylic acids is 1. The third kappa shape index (κ3) is 5.69. The summed E-state index contributed by atoms with van der Waals surface area (Å²) in [6, 6.07) is 0.499. The first-order valence-electron chi connectivity index (χ1n) is 6.93. The number of nitrogens with zero attached hydrogens (tertiary/aromatic N) is 1. The van der Waals surface area contributed by atoms with Crippen LogP contribution in [0.3, 0.4) is 0 Å². The summed E-state index contributed by atoms with van der Waals surface area (Å²) in [5.74, 6) is 0. The number of carbonyl (C=O) groups is 1. The molecule has 1 saturated heterocycles. The van der Waals surface area contributed by atoms with Crippen LogP contribution in [0.15, 0.2) is 0 Å². The van der Waals surface area contributed by atoms with E-state index in [1.54, 1.807) is 19.0 Å². The molecule has 2 N–H and O–H groups in total. The highest BCUT2D eigenvalue weighted by Crippen LogP contribution is 2.17. The van der Waals surface area contributed by atoms with Gasteiger partial charge in [-0.3, -0.25) is 0 Å². The minimum atomic E-state index is -0.0346. The minimum Gasteiger partial charge on any atom is -0.378 e. The number of amides is 2. The molecule has 0 aliphatic carbocycles. The molecular formula is C13H27N3O2. The predicted octanol–water partition coefficient (Wildman–Crippen LogP) is 1.19. The van der Waals surface area contributed by atoms with Crippen LogP contribution in [0.2, 0.25) is 0 Å². The Kier molecular flexibility index (Phi) is 7.05. The molecule has 1 aliphatic heterocycles. The molecule has 2 amide bonds. The average Bonchev–Trinajstić information content (AvgIpc) is 2.35. The van der Waals surface area contributed by atoms with Gasteiger partial charge in [0.25, 0.3) is 0 Å². The first-order chi connectivity index (χ1) is 8.63. The molecular weight excluding hydrogens is 230 g/mol. The van der Waals surface area contributed by atoms with E-state index in [0.29, 0.717) is 18.7 Å². The van der Waals surface area contributed by atoms with Gasteiger partial charge in [0.1, 0.15) is 0 Å². The van der Waals surface area contributed by atoms with Crippen molar-refractivity contribution in [2.45, 2.75) is 44.8 Å². The number of nitrogens with one attached hydrogen (secondary N) is 2. The van der Waals surface area contributed by atoms with Crippen LogP contribution in [0.4, 0.5) is 4.79 Å². The summed E-state index contributed by atoms with van der Waals surface area (Å²) in [5.41, 5.74) is 0. The average molecular weight is 257 g/mol. The molecule has 0 radical (unpaired) electrons. The zero-order valence-corrected chi connectivity index (χ0v) is 11.9. The molecule has 5 heteroatoms. The Labute approximate surface area is 110 Å². The summed E-state index contributed by atoms with van der Waals surface area (Å²) in [4.78, 5) is 12.8. The molecule has 0 saturated carbocycles. The highest BCUT2D eigenvalue weighted by atomic mass is 16.5. The molecule has 1 fully saturated rings. The Morgan fingerprint density at radius 1 is 1.39 bits per heavy atom. The van der Waals surface area contributed by atoms with E-state index < -0.39 is 0 Å². The van der Waals surface area contributed by atoms with E-state index in [0.717, 1.165) is 32.4 Å². The second-order valence-corrected chi connectivity index (χ2v) is 5.08. The summed E-state index contributed by atoms with van der Waals surface area (Å²) in [7, 11) is 3.49. The number of urea groups is 1. The molecule has 2 atom stereocenters. The van der Waals surface area contributed by atoms with Crippen LogP contribution in [-0.4, -0.2) is 56.9 Å². The van der Waals surface area contributed by atoms with Crippen molar-refractivity contribution < 1.29 is 9.53 Å². The van der Waals surface area contributed by atoms with Gasteiger partial charge in [-0.2, -0.15) is 0 Å². The zero-order valence-electron chi connectivity index (χ0n) is 11.9. The fraction of sp³-hybridized carbons (Fsp3) is 0.923. The van der Waals surface area contributed by atoms with Crippen molar-refractivity contribution in [2.75, 3.05) is 33.8 Å². The van der Waals surface area contributed by atoms with Gasteiger partial charge >= 0.3 is 6.03 Å². The maximum absolute atomic E-state index is 11.3. The number of hydrogen-bond donors (Lipinski definition) is 2. The monoisotopic (exact) mass is 257 g/mol. The zero-order chi connectivity index (χ0) is 13.4. The number of hydrogen-bond acceptors (Lipinski definition) is 3. The highest BCUT2D eigenvalue weighted by Gasteiger charge is 2.21. The largest absolute Gasteiger partial charge is 0.378 e. The van der Waals surface area contributed by atoms with Gasteiger partial charge in [0.05, 0.1) is 6.10 Å². The fourth-order valence-electron chi connectivity index (χ4n) is 2.19. The number of rotatable bonds is 6. The van der Waals surface area contributed by atoms with Gasteiger partial charge < -0.3 is 20.3 Å². The first kappa shape index (κ1) is 15.2. The standard InChI is InChI=1S/C13H27N3O2/c1-4-5-12-10-11(6-9-18-12)14-7-8-15-13(17)16(2)3/h11-12,14H,4-10H2,1-3H3,(H,15,17). The molecule has 0 aromatic carbocycles. The van der Waals surface area contributed by atoms with E-state index in [4.69, 9.17) is 4.74 Å². The van der Waals surface area contributed by atoms with Crippen molar-refractivity contribution in [3.63, 3.8) is 0 Å². The Balaban J connectivity index is 2.10. The molecule has 0 bridgehead atoms. The minimum absolute atomic E-state index is 0.0346. The lowest BCUT2D eigenvalue weighted by Gasteiger charge is -2.30. The second kappa shape index (κ2) is 8.32. The Hall–Kier alpha value is -0.810. The normalized spacial score (nSPS) is 23.7. The summed E-state index contributed by atoms with van der Waals surface area (Å²) >= 11 is 0. The van der Waals surface area contributed by atoms with Crippen molar-refractivity contribution in [1.82, 2.24) is 15.5 Å². The van der Waals surface area contributed by atoms with Gasteiger partial charge in [-0.25, -0.2) is 4.79 Å². The molecule has 18 heavy (non-hydrogen) atoms. The third-order valence-corrected chi connectivity index (χ3v) is 3.22. The van der Waals surface area contributed by atoms with Crippen molar-refractivity contribution in [3.05, 3.63) is 0 Å². The third-order valence-electron chi connectivity index (χ3n) is 3.22. The van der Waals surface area contributed by atoms with Gasteiger partial charge in [-0.1, -0.05) is 13.3 Å². The maximum atomic E-state index is 11.3. The van der Waals surface area contributed by atoms with Crippen molar-refractivity contribution in [3.8, 4) is 0 Å². The van der Waals surface area contributed by atoms with Crippen LogP contribution in [0.25, 0.3) is 0 Å². The van der Waals surface area contributed by atoms with Crippen LogP contribution in [0, 0.1) is 0 Å². The Morgan fingerprint density at radius 2 is 2.17 bits per heavy atom. The van der Waals surface area contributed by atoms with Gasteiger partial charge in [-0.05, 0) is 19.3 Å². The fourth-order valence-corrected chi connectivity index (χ4v) is 2.19. The second-order valence-electron chi connectivity index (χ2n) is 5.08. The number of ether oxygens (including phenoxy) is 1. The van der Waals surface area contributed by atoms with E-state index in [9.17, 15) is 4.79 Å². The summed E-state index contributed by atoms with van der Waals surface area (Å²) in [5, 5.41) is 6.34. The molecule has 1 heterocycles. The lowest BCUT2D eigenvalue weighted by molar-refractivity contribution is -0.00298. The van der Waals surface area contributed by atoms with Gasteiger partial charge in [0, 0.05) is 39.8 Å². The van der Waals surface area contributed by atoms with Crippen LogP contribution >= 0.6 is 0 Å². The molecule has 0 aromatic heterocycles. The SMILES string of the molecule is CCCC1CC(NCCNC(=O)N(C)C)CCO1. The van der Waals surface area contributed by atoms with E-state index in [-0.39, 0.29) is 6.03 Å². The van der Waals surface area contributed by atoms with Crippen molar-refractivity contribution in [2.24, 2.45) is 0 Å². The maximum Gasteiger partial charge on any atom is 0.316 e. The lowest BCUT2D eigenvalue weighted by Crippen LogP contribution is -2.43. The summed E-state index contributed by atoms with van der Waals surface area (Å²) in [6.07, 6.45) is 4.90. The van der Waals surface area contributed by atoms with E-state index >= 15 is 0 Å². The van der Waals surface area contributed by atoms with Crippen molar-refractivity contribution >= 4 is 6.03 Å². The molecule has 5 nitrogen and oxygen atoms in total. The van der Waals surface area contributed by atoms with Crippen LogP contribution < -0.4 is 10.6 Å². The quantitative estimate of drug-likeness (QED) is 0.703. The van der Waals surface area contributed by atoms with Gasteiger partial charge in [0.2, 0.25) is 0 Å². The van der Waals surface area contributed by atoms with Gasteiger partial charge in [0.15, 0.2) is 0 Å². The molecule has 2 unspecified atom stereocenters. The molecule has 0 spiro atoms. The molecule has 1 aliphatic rings. The lowest BCUT2D eigenvalue weighted by atomic mass is 10.0. The predicted molar refractivity (Wildman–Crippen MR) is 72.8 cm³/mol.